The number of carbonyl (C=O) groups is 1. The molecule has 0 spiro atoms. The molecule has 3 aromatic rings. The maximum atomic E-state index is 13.7. The fourth-order valence-corrected chi connectivity index (χ4v) is 5.36. The summed E-state index contributed by atoms with van der Waals surface area (Å²) in [4.78, 5) is 34.2. The van der Waals surface area contributed by atoms with Crippen LogP contribution in [-0.2, 0) is 26.2 Å². The van der Waals surface area contributed by atoms with Crippen molar-refractivity contribution in [1.82, 2.24) is 14.4 Å². The third-order valence-electron chi connectivity index (χ3n) is 5.50. The van der Waals surface area contributed by atoms with Crippen LogP contribution in [0.15, 0.2) is 95.1 Å². The van der Waals surface area contributed by atoms with Crippen molar-refractivity contribution in [3.8, 4) is 0 Å². The molecule has 4 rings (SSSR count). The molecule has 13 heteroatoms. The fourth-order valence-electron chi connectivity index (χ4n) is 3.82. The summed E-state index contributed by atoms with van der Waals surface area (Å²) in [7, 11) is -4.60. The molecule has 0 bridgehead atoms. The standard InChI is InChI=1S/C25H24N4O8S/c1-2-13-37-29(38(33,34)23-11-7-6-10-22(23)28(31)32)21-15-20(24-26-12-14-35-24)16-27(17-21)25(30)36-18-19-8-4-3-5-9-19/h2-12,14-15,21H,1,13,16-18H2. The molecule has 2 aromatic carbocycles. The molecular formula is C25H24N4O8S. The van der Waals surface area contributed by atoms with Crippen LogP contribution < -0.4 is 0 Å². The van der Waals surface area contributed by atoms with E-state index in [9.17, 15) is 23.3 Å². The Morgan fingerprint density at radius 1 is 1.24 bits per heavy atom. The highest BCUT2D eigenvalue weighted by Crippen LogP contribution is 2.31. The Hall–Kier alpha value is -4.33. The van der Waals surface area contributed by atoms with E-state index in [2.05, 4.69) is 11.6 Å². The first-order chi connectivity index (χ1) is 18.3. The Morgan fingerprint density at radius 2 is 1.97 bits per heavy atom. The lowest BCUT2D eigenvalue weighted by molar-refractivity contribution is -0.387. The van der Waals surface area contributed by atoms with E-state index in [4.69, 9.17) is 14.0 Å². The number of nitrogens with zero attached hydrogens (tertiary/aromatic N) is 4. The van der Waals surface area contributed by atoms with E-state index in [1.165, 1.54) is 41.6 Å². The fraction of sp³-hybridized carbons (Fsp3) is 0.200. The second-order valence-corrected chi connectivity index (χ2v) is 9.84. The van der Waals surface area contributed by atoms with Crippen molar-refractivity contribution in [2.75, 3.05) is 19.7 Å². The van der Waals surface area contributed by atoms with Crippen LogP contribution in [0.3, 0.4) is 0 Å². The summed E-state index contributed by atoms with van der Waals surface area (Å²) >= 11 is 0. The van der Waals surface area contributed by atoms with Gasteiger partial charge in [0.25, 0.3) is 15.7 Å². The van der Waals surface area contributed by atoms with Crippen LogP contribution in [-0.4, -0.2) is 59.5 Å². The van der Waals surface area contributed by atoms with E-state index in [1.54, 1.807) is 12.1 Å². The molecule has 1 atom stereocenters. The maximum Gasteiger partial charge on any atom is 0.410 e. The van der Waals surface area contributed by atoms with Gasteiger partial charge in [-0.25, -0.2) is 18.2 Å². The number of para-hydroxylation sites is 1. The number of oxazole rings is 1. The van der Waals surface area contributed by atoms with E-state index in [0.29, 0.717) is 10.0 Å². The Balaban J connectivity index is 1.69. The average molecular weight is 541 g/mol. The quantitative estimate of drug-likeness (QED) is 0.213. The van der Waals surface area contributed by atoms with E-state index in [0.717, 1.165) is 17.7 Å². The van der Waals surface area contributed by atoms with Crippen LogP contribution in [0.25, 0.3) is 5.57 Å². The molecule has 0 radical (unpaired) electrons. The highest BCUT2D eigenvalue weighted by Gasteiger charge is 2.40. The molecule has 0 saturated carbocycles. The lowest BCUT2D eigenvalue weighted by Gasteiger charge is -2.35. The van der Waals surface area contributed by atoms with Crippen LogP contribution in [0.1, 0.15) is 11.5 Å². The maximum absolute atomic E-state index is 13.7. The number of nitro benzene ring substituents is 1. The van der Waals surface area contributed by atoms with E-state index in [-0.39, 0.29) is 32.2 Å². The van der Waals surface area contributed by atoms with E-state index >= 15 is 0 Å². The number of hydrogen-bond acceptors (Lipinski definition) is 9. The molecule has 0 saturated heterocycles. The predicted molar refractivity (Wildman–Crippen MR) is 135 cm³/mol. The zero-order chi connectivity index (χ0) is 27.1. The van der Waals surface area contributed by atoms with Crippen LogP contribution in [0.5, 0.6) is 0 Å². The number of hydrogen-bond donors (Lipinski definition) is 0. The number of ether oxygens (including phenoxy) is 1. The molecule has 1 unspecified atom stereocenters. The molecular weight excluding hydrogens is 516 g/mol. The molecule has 1 aromatic heterocycles. The summed E-state index contributed by atoms with van der Waals surface area (Å²) in [6, 6.07) is 12.9. The highest BCUT2D eigenvalue weighted by atomic mass is 32.2. The number of hydroxylamine groups is 1. The summed E-state index contributed by atoms with van der Waals surface area (Å²) in [5, 5.41) is 11.6. The molecule has 2 heterocycles. The highest BCUT2D eigenvalue weighted by molar-refractivity contribution is 7.89. The van der Waals surface area contributed by atoms with Gasteiger partial charge in [-0.05, 0) is 11.6 Å². The zero-order valence-corrected chi connectivity index (χ0v) is 20.9. The number of sulfonamides is 1. The normalized spacial score (nSPS) is 15.7. The van der Waals surface area contributed by atoms with Gasteiger partial charge in [-0.1, -0.05) is 59.1 Å². The van der Waals surface area contributed by atoms with Gasteiger partial charge in [0.1, 0.15) is 12.9 Å². The zero-order valence-electron chi connectivity index (χ0n) is 20.1. The van der Waals surface area contributed by atoms with Gasteiger partial charge in [0.05, 0.1) is 30.3 Å². The van der Waals surface area contributed by atoms with Gasteiger partial charge in [-0.2, -0.15) is 0 Å². The molecule has 0 aliphatic carbocycles. The van der Waals surface area contributed by atoms with Gasteiger partial charge in [0, 0.05) is 18.2 Å². The van der Waals surface area contributed by atoms with Crippen LogP contribution in [0.4, 0.5) is 10.5 Å². The Morgan fingerprint density at radius 3 is 2.66 bits per heavy atom. The first-order valence-electron chi connectivity index (χ1n) is 11.4. The molecule has 0 fully saturated rings. The lowest BCUT2D eigenvalue weighted by Crippen LogP contribution is -2.50. The Bertz CT molecular complexity index is 1420. The van der Waals surface area contributed by atoms with Crippen molar-refractivity contribution in [3.63, 3.8) is 0 Å². The van der Waals surface area contributed by atoms with Gasteiger partial charge < -0.3 is 14.1 Å². The minimum absolute atomic E-state index is 0.00404. The second-order valence-electron chi connectivity index (χ2n) is 8.09. The van der Waals surface area contributed by atoms with Gasteiger partial charge in [0.2, 0.25) is 5.89 Å². The molecule has 0 N–H and O–H groups in total. The molecule has 1 aliphatic rings. The van der Waals surface area contributed by atoms with Crippen molar-refractivity contribution in [2.45, 2.75) is 17.5 Å². The van der Waals surface area contributed by atoms with Crippen LogP contribution >= 0.6 is 0 Å². The number of nitro groups is 1. The van der Waals surface area contributed by atoms with Gasteiger partial charge >= 0.3 is 6.09 Å². The van der Waals surface area contributed by atoms with Crippen molar-refractivity contribution >= 4 is 27.4 Å². The third-order valence-corrected chi connectivity index (χ3v) is 7.25. The molecule has 38 heavy (non-hydrogen) atoms. The first kappa shape index (κ1) is 26.7. The summed E-state index contributed by atoms with van der Waals surface area (Å²) in [5.74, 6) is 0.169. The van der Waals surface area contributed by atoms with E-state index < -0.39 is 37.7 Å². The third kappa shape index (κ3) is 5.96. The SMILES string of the molecule is C=CCON(C1C=C(c2ncco2)CN(C(=O)OCc2ccccc2)C1)S(=O)(=O)c1ccccc1[N+](=O)[O-]. The number of amides is 1. The van der Waals surface area contributed by atoms with Crippen molar-refractivity contribution in [3.05, 3.63) is 107 Å². The van der Waals surface area contributed by atoms with Crippen molar-refractivity contribution in [2.24, 2.45) is 0 Å². The summed E-state index contributed by atoms with van der Waals surface area (Å²) in [5.41, 5.74) is 0.548. The first-order valence-corrected chi connectivity index (χ1v) is 12.8. The van der Waals surface area contributed by atoms with Crippen molar-refractivity contribution in [1.29, 1.82) is 0 Å². The summed E-state index contributed by atoms with van der Waals surface area (Å²) < 4.78 is 38.9. The number of rotatable bonds is 10. The molecule has 1 amide bonds. The monoisotopic (exact) mass is 540 g/mol. The molecule has 12 nitrogen and oxygen atoms in total. The second kappa shape index (κ2) is 11.8. The Kier molecular flexibility index (Phi) is 8.31. The molecule has 198 valence electrons. The van der Waals surface area contributed by atoms with Gasteiger partial charge in [-0.15, -0.1) is 6.58 Å². The topological polar surface area (TPSA) is 145 Å². The largest absolute Gasteiger partial charge is 0.445 e. The van der Waals surface area contributed by atoms with Crippen molar-refractivity contribution < 1.29 is 32.1 Å². The smallest absolute Gasteiger partial charge is 0.410 e. The number of benzene rings is 2. The minimum Gasteiger partial charge on any atom is -0.445 e. The Labute approximate surface area is 218 Å². The van der Waals surface area contributed by atoms with Gasteiger partial charge in [-0.3, -0.25) is 15.0 Å². The summed E-state index contributed by atoms with van der Waals surface area (Å²) in [6.45, 7) is 3.18. The predicted octanol–water partition coefficient (Wildman–Crippen LogP) is 3.80. The lowest BCUT2D eigenvalue weighted by atomic mass is 10.1. The number of aromatic nitrogens is 1. The average Bonchev–Trinajstić information content (AvgIpc) is 3.47. The van der Waals surface area contributed by atoms with Crippen LogP contribution in [0, 0.1) is 10.1 Å². The summed E-state index contributed by atoms with van der Waals surface area (Å²) in [6.07, 6.45) is 4.90. The van der Waals surface area contributed by atoms with Crippen LogP contribution in [0.2, 0.25) is 0 Å². The number of carbonyl (C=O) groups excluding carboxylic acids is 1. The van der Waals surface area contributed by atoms with E-state index in [1.807, 2.05) is 18.2 Å². The minimum atomic E-state index is -4.60. The van der Waals surface area contributed by atoms with Gasteiger partial charge in [0.15, 0.2) is 4.90 Å². The molecule has 1 aliphatic heterocycles.